The Kier molecular flexibility index (Phi) is 7.28. The van der Waals surface area contributed by atoms with Gasteiger partial charge in [0.25, 0.3) is 11.6 Å². The number of phenolic OH excluding ortho intramolecular Hbond substituents is 1. The third kappa shape index (κ3) is 6.20. The fraction of sp³-hybridized carbons (Fsp3) is 0.263. The van der Waals surface area contributed by atoms with Crippen LogP contribution in [0.25, 0.3) is 0 Å². The number of phenols is 1. The van der Waals surface area contributed by atoms with Crippen LogP contribution in [0.5, 0.6) is 11.5 Å². The second kappa shape index (κ2) is 9.65. The number of benzene rings is 2. The van der Waals surface area contributed by atoms with Gasteiger partial charge in [0.05, 0.1) is 23.3 Å². The molecule has 0 aliphatic rings. The Bertz CT molecular complexity index is 886. The van der Waals surface area contributed by atoms with Gasteiger partial charge < -0.3 is 15.2 Å². The fourth-order valence-corrected chi connectivity index (χ4v) is 2.41. The van der Waals surface area contributed by atoms with Crippen LogP contribution in [0.4, 0.5) is 11.4 Å². The molecule has 0 aromatic heterocycles. The van der Waals surface area contributed by atoms with Gasteiger partial charge in [-0.1, -0.05) is 19.9 Å². The SMILES string of the molecule is CC(C)CCOc1cccc(C(=O)NC(=S)Nc2ccc([N+](=O)[O-])cc2O)c1. The van der Waals surface area contributed by atoms with Gasteiger partial charge in [-0.3, -0.25) is 20.2 Å². The molecule has 9 heteroatoms. The van der Waals surface area contributed by atoms with Crippen molar-refractivity contribution < 1.29 is 19.6 Å². The van der Waals surface area contributed by atoms with E-state index in [9.17, 15) is 20.0 Å². The molecular formula is C19H21N3O5S. The van der Waals surface area contributed by atoms with Gasteiger partial charge in [0, 0.05) is 11.6 Å². The molecule has 0 unspecified atom stereocenters. The maximum absolute atomic E-state index is 12.4. The third-order valence-electron chi connectivity index (χ3n) is 3.73. The Morgan fingerprint density at radius 1 is 1.29 bits per heavy atom. The number of nitro groups is 1. The molecule has 0 saturated heterocycles. The van der Waals surface area contributed by atoms with E-state index in [0.29, 0.717) is 23.8 Å². The van der Waals surface area contributed by atoms with E-state index in [1.54, 1.807) is 24.3 Å². The molecule has 8 nitrogen and oxygen atoms in total. The summed E-state index contributed by atoms with van der Waals surface area (Å²) in [6.07, 6.45) is 0.906. The zero-order chi connectivity index (χ0) is 20.7. The second-order valence-electron chi connectivity index (χ2n) is 6.43. The second-order valence-corrected chi connectivity index (χ2v) is 6.83. The topological polar surface area (TPSA) is 114 Å². The summed E-state index contributed by atoms with van der Waals surface area (Å²) in [4.78, 5) is 22.4. The van der Waals surface area contributed by atoms with Gasteiger partial charge in [-0.25, -0.2) is 0 Å². The van der Waals surface area contributed by atoms with E-state index in [4.69, 9.17) is 17.0 Å². The maximum Gasteiger partial charge on any atom is 0.273 e. The predicted octanol–water partition coefficient (Wildman–Crippen LogP) is 3.85. The maximum atomic E-state index is 12.4. The van der Waals surface area contributed by atoms with Gasteiger partial charge in [-0.2, -0.15) is 0 Å². The lowest BCUT2D eigenvalue weighted by molar-refractivity contribution is -0.384. The summed E-state index contributed by atoms with van der Waals surface area (Å²) < 4.78 is 5.64. The lowest BCUT2D eigenvalue weighted by Gasteiger charge is -2.12. The largest absolute Gasteiger partial charge is 0.506 e. The molecule has 0 saturated carbocycles. The summed E-state index contributed by atoms with van der Waals surface area (Å²) >= 11 is 5.07. The van der Waals surface area contributed by atoms with Gasteiger partial charge >= 0.3 is 0 Å². The highest BCUT2D eigenvalue weighted by Gasteiger charge is 2.13. The molecule has 0 bridgehead atoms. The standard InChI is InChI=1S/C19H21N3O5S/c1-12(2)8-9-27-15-5-3-4-13(10-15)18(24)21-19(28)20-16-7-6-14(22(25)26)11-17(16)23/h3-7,10-12,23H,8-9H2,1-2H3,(H2,20,21,24,28). The minimum Gasteiger partial charge on any atom is -0.506 e. The Hall–Kier alpha value is -3.20. The van der Waals surface area contributed by atoms with Crippen molar-refractivity contribution in [2.75, 3.05) is 11.9 Å². The molecule has 0 fully saturated rings. The average molecular weight is 403 g/mol. The first-order chi connectivity index (χ1) is 13.3. The van der Waals surface area contributed by atoms with Crippen molar-refractivity contribution in [3.05, 3.63) is 58.1 Å². The van der Waals surface area contributed by atoms with E-state index < -0.39 is 10.8 Å². The van der Waals surface area contributed by atoms with Gasteiger partial charge in [0.2, 0.25) is 0 Å². The fourth-order valence-electron chi connectivity index (χ4n) is 2.21. The number of aromatic hydroxyl groups is 1. The number of hydrogen-bond acceptors (Lipinski definition) is 6. The number of non-ortho nitro benzene ring substituents is 1. The number of nitro benzene ring substituents is 1. The molecule has 28 heavy (non-hydrogen) atoms. The number of anilines is 1. The van der Waals surface area contributed by atoms with Crippen molar-refractivity contribution >= 4 is 34.6 Å². The van der Waals surface area contributed by atoms with Crippen molar-refractivity contribution in [2.24, 2.45) is 5.92 Å². The van der Waals surface area contributed by atoms with Gasteiger partial charge in [-0.15, -0.1) is 0 Å². The number of nitrogens with zero attached hydrogens (tertiary/aromatic N) is 1. The van der Waals surface area contributed by atoms with Crippen molar-refractivity contribution in [1.29, 1.82) is 0 Å². The van der Waals surface area contributed by atoms with Crippen LogP contribution in [0.1, 0.15) is 30.6 Å². The highest BCUT2D eigenvalue weighted by molar-refractivity contribution is 7.80. The molecule has 2 aromatic rings. The number of ether oxygens (including phenoxy) is 1. The minimum absolute atomic E-state index is 0.0553. The molecule has 148 valence electrons. The molecule has 0 atom stereocenters. The predicted molar refractivity (Wildman–Crippen MR) is 110 cm³/mol. The molecule has 0 aliphatic heterocycles. The van der Waals surface area contributed by atoms with Crippen LogP contribution in [0, 0.1) is 16.0 Å². The molecule has 3 N–H and O–H groups in total. The van der Waals surface area contributed by atoms with Gasteiger partial charge in [0.15, 0.2) is 5.11 Å². The third-order valence-corrected chi connectivity index (χ3v) is 3.93. The molecular weight excluding hydrogens is 382 g/mol. The number of carbonyl (C=O) groups is 1. The molecule has 0 spiro atoms. The Labute approximate surface area is 167 Å². The normalized spacial score (nSPS) is 10.4. The van der Waals surface area contributed by atoms with Crippen molar-refractivity contribution in [1.82, 2.24) is 5.32 Å². The lowest BCUT2D eigenvalue weighted by Crippen LogP contribution is -2.34. The van der Waals surface area contributed by atoms with Crippen molar-refractivity contribution in [3.63, 3.8) is 0 Å². The minimum atomic E-state index is -0.625. The molecule has 0 aliphatic carbocycles. The van der Waals surface area contributed by atoms with Crippen LogP contribution >= 0.6 is 12.2 Å². The van der Waals surface area contributed by atoms with Crippen LogP contribution < -0.4 is 15.4 Å². The highest BCUT2D eigenvalue weighted by Crippen LogP contribution is 2.27. The summed E-state index contributed by atoms with van der Waals surface area (Å²) in [7, 11) is 0. The van der Waals surface area contributed by atoms with E-state index in [0.717, 1.165) is 12.5 Å². The van der Waals surface area contributed by atoms with E-state index in [1.165, 1.54) is 12.1 Å². The highest BCUT2D eigenvalue weighted by atomic mass is 32.1. The van der Waals surface area contributed by atoms with Crippen LogP contribution in [0.2, 0.25) is 0 Å². The van der Waals surface area contributed by atoms with E-state index in [-0.39, 0.29) is 22.2 Å². The number of nitrogens with one attached hydrogen (secondary N) is 2. The number of rotatable bonds is 7. The molecule has 2 aromatic carbocycles. The Morgan fingerprint density at radius 2 is 2.04 bits per heavy atom. The molecule has 0 radical (unpaired) electrons. The Balaban J connectivity index is 1.97. The number of hydrogen-bond donors (Lipinski definition) is 3. The Morgan fingerprint density at radius 3 is 2.68 bits per heavy atom. The summed E-state index contributed by atoms with van der Waals surface area (Å²) in [5.41, 5.74) is 0.244. The van der Waals surface area contributed by atoms with Crippen LogP contribution in [0.3, 0.4) is 0 Å². The number of carbonyl (C=O) groups excluding carboxylic acids is 1. The van der Waals surface area contributed by atoms with Crippen LogP contribution in [0.15, 0.2) is 42.5 Å². The molecule has 0 heterocycles. The van der Waals surface area contributed by atoms with Crippen molar-refractivity contribution in [3.8, 4) is 11.5 Å². The van der Waals surface area contributed by atoms with E-state index in [1.807, 2.05) is 0 Å². The summed E-state index contributed by atoms with van der Waals surface area (Å²) in [5.74, 6) is 0.297. The summed E-state index contributed by atoms with van der Waals surface area (Å²) in [6.45, 7) is 4.76. The smallest absolute Gasteiger partial charge is 0.273 e. The zero-order valence-corrected chi connectivity index (χ0v) is 16.3. The van der Waals surface area contributed by atoms with Crippen molar-refractivity contribution in [2.45, 2.75) is 20.3 Å². The summed E-state index contributed by atoms with van der Waals surface area (Å²) in [5, 5.41) is 25.6. The van der Waals surface area contributed by atoms with Crippen LogP contribution in [-0.4, -0.2) is 27.7 Å². The van der Waals surface area contributed by atoms with E-state index in [2.05, 4.69) is 24.5 Å². The zero-order valence-electron chi connectivity index (χ0n) is 15.5. The quantitative estimate of drug-likeness (QED) is 0.278. The monoisotopic (exact) mass is 403 g/mol. The first-order valence-corrected chi connectivity index (χ1v) is 8.99. The number of thiocarbonyl (C=S) groups is 1. The average Bonchev–Trinajstić information content (AvgIpc) is 2.63. The molecule has 1 amide bonds. The van der Waals surface area contributed by atoms with E-state index >= 15 is 0 Å². The lowest BCUT2D eigenvalue weighted by atomic mass is 10.1. The van der Waals surface area contributed by atoms with Gasteiger partial charge in [-0.05, 0) is 48.8 Å². The first-order valence-electron chi connectivity index (χ1n) is 8.59. The summed E-state index contributed by atoms with van der Waals surface area (Å²) in [6, 6.07) is 10.2. The van der Waals surface area contributed by atoms with Crippen LogP contribution in [-0.2, 0) is 0 Å². The van der Waals surface area contributed by atoms with Gasteiger partial charge in [0.1, 0.15) is 11.5 Å². The number of amides is 1. The first kappa shape index (κ1) is 21.1. The molecule has 2 rings (SSSR count).